The Balaban J connectivity index is 2.16. The molecule has 1 heterocycles. The number of aromatic amines is 2. The first-order valence-corrected chi connectivity index (χ1v) is 7.49. The van der Waals surface area contributed by atoms with E-state index in [2.05, 4.69) is 20.6 Å². The summed E-state index contributed by atoms with van der Waals surface area (Å²) in [5.74, 6) is -0.556. The summed E-state index contributed by atoms with van der Waals surface area (Å²) in [4.78, 5) is 39.9. The molecule has 0 aliphatic rings. The van der Waals surface area contributed by atoms with Gasteiger partial charge in [-0.05, 0) is 31.0 Å². The summed E-state index contributed by atoms with van der Waals surface area (Å²) < 4.78 is 0. The molecule has 23 heavy (non-hydrogen) atoms. The van der Waals surface area contributed by atoms with Crippen molar-refractivity contribution in [1.82, 2.24) is 9.97 Å². The number of benzene rings is 1. The van der Waals surface area contributed by atoms with Gasteiger partial charge in [0.1, 0.15) is 5.69 Å². The summed E-state index contributed by atoms with van der Waals surface area (Å²) in [5.41, 5.74) is 1.63. The number of anilines is 2. The van der Waals surface area contributed by atoms with Crippen LogP contribution >= 0.6 is 0 Å². The van der Waals surface area contributed by atoms with Gasteiger partial charge in [0.25, 0.3) is 5.91 Å². The molecule has 0 aliphatic heterocycles. The normalized spacial score (nSPS) is 10.3. The molecule has 0 radical (unpaired) electrons. The van der Waals surface area contributed by atoms with Crippen LogP contribution in [0.1, 0.15) is 42.2 Å². The van der Waals surface area contributed by atoms with Crippen LogP contribution in [0.5, 0.6) is 0 Å². The minimum absolute atomic E-state index is 0.0961. The predicted octanol–water partition coefficient (Wildman–Crippen LogP) is 2.39. The van der Waals surface area contributed by atoms with E-state index >= 15 is 0 Å². The molecular weight excluding hydrogens is 296 g/mol. The number of carbonyl (C=O) groups is 2. The molecule has 0 unspecified atom stereocenters. The van der Waals surface area contributed by atoms with Crippen molar-refractivity contribution in [2.24, 2.45) is 0 Å². The van der Waals surface area contributed by atoms with E-state index in [9.17, 15) is 14.4 Å². The molecule has 7 heteroatoms. The van der Waals surface area contributed by atoms with E-state index in [4.69, 9.17) is 0 Å². The number of nitrogens with one attached hydrogen (secondary N) is 4. The first-order chi connectivity index (χ1) is 11.0. The van der Waals surface area contributed by atoms with Crippen molar-refractivity contribution in [3.63, 3.8) is 0 Å². The van der Waals surface area contributed by atoms with E-state index < -0.39 is 11.6 Å². The van der Waals surface area contributed by atoms with Crippen LogP contribution in [-0.2, 0) is 4.79 Å². The van der Waals surface area contributed by atoms with Crippen molar-refractivity contribution < 1.29 is 9.59 Å². The second kappa shape index (κ2) is 7.44. The fraction of sp³-hybridized carbons (Fsp3) is 0.312. The minimum Gasteiger partial charge on any atom is -0.324 e. The largest absolute Gasteiger partial charge is 0.324 e. The summed E-state index contributed by atoms with van der Waals surface area (Å²) in [6.07, 6.45) is 3.48. The van der Waals surface area contributed by atoms with Crippen molar-refractivity contribution in [1.29, 1.82) is 0 Å². The molecule has 0 aliphatic carbocycles. The molecule has 2 aromatic rings. The highest BCUT2D eigenvalue weighted by Gasteiger charge is 2.12. The number of imidazole rings is 1. The van der Waals surface area contributed by atoms with E-state index in [1.807, 2.05) is 19.9 Å². The monoisotopic (exact) mass is 316 g/mol. The summed E-state index contributed by atoms with van der Waals surface area (Å²) in [5, 5.41) is 5.50. The number of rotatable bonds is 6. The standard InChI is InChI=1S/C16H20N4O3/c1-3-4-5-14(21)18-11-7-6-10(2)8-12(11)19-15(22)13-9-17-16(23)20-13/h6-9H,3-5H2,1-2H3,(H,18,21)(H,19,22)(H2,17,20,23). The summed E-state index contributed by atoms with van der Waals surface area (Å²) >= 11 is 0. The van der Waals surface area contributed by atoms with Gasteiger partial charge in [-0.2, -0.15) is 0 Å². The van der Waals surface area contributed by atoms with Crippen LogP contribution in [0.2, 0.25) is 0 Å². The summed E-state index contributed by atoms with van der Waals surface area (Å²) in [6, 6.07) is 5.36. The first kappa shape index (κ1) is 16.5. The quantitative estimate of drug-likeness (QED) is 0.657. The van der Waals surface area contributed by atoms with Gasteiger partial charge in [0.05, 0.1) is 11.4 Å². The zero-order valence-corrected chi connectivity index (χ0v) is 13.2. The highest BCUT2D eigenvalue weighted by atomic mass is 16.2. The second-order valence-electron chi connectivity index (χ2n) is 5.31. The van der Waals surface area contributed by atoms with Gasteiger partial charge in [0, 0.05) is 12.6 Å². The molecule has 4 N–H and O–H groups in total. The van der Waals surface area contributed by atoms with Crippen molar-refractivity contribution in [3.05, 3.63) is 46.1 Å². The predicted molar refractivity (Wildman–Crippen MR) is 88.7 cm³/mol. The fourth-order valence-electron chi connectivity index (χ4n) is 2.06. The first-order valence-electron chi connectivity index (χ1n) is 7.49. The Hall–Kier alpha value is -2.83. The van der Waals surface area contributed by atoms with Gasteiger partial charge >= 0.3 is 5.69 Å². The van der Waals surface area contributed by atoms with Crippen molar-refractivity contribution >= 4 is 23.2 Å². The highest BCUT2D eigenvalue weighted by molar-refractivity contribution is 6.06. The summed E-state index contributed by atoms with van der Waals surface area (Å²) in [7, 11) is 0. The number of H-pyrrole nitrogens is 2. The molecule has 0 saturated carbocycles. The molecule has 122 valence electrons. The SMILES string of the molecule is CCCCC(=O)Nc1ccc(C)cc1NC(=O)c1c[nH]c(=O)[nH]1. The molecule has 1 aromatic carbocycles. The second-order valence-corrected chi connectivity index (χ2v) is 5.31. The lowest BCUT2D eigenvalue weighted by atomic mass is 10.1. The van der Waals surface area contributed by atoms with Gasteiger partial charge in [-0.25, -0.2) is 4.79 Å². The zero-order chi connectivity index (χ0) is 16.8. The molecular formula is C16H20N4O3. The van der Waals surface area contributed by atoms with E-state index in [-0.39, 0.29) is 11.6 Å². The lowest BCUT2D eigenvalue weighted by Gasteiger charge is -2.13. The number of amides is 2. The Morgan fingerprint density at radius 3 is 2.61 bits per heavy atom. The van der Waals surface area contributed by atoms with Gasteiger partial charge in [-0.1, -0.05) is 19.4 Å². The van der Waals surface area contributed by atoms with Crippen molar-refractivity contribution in [3.8, 4) is 0 Å². The topological polar surface area (TPSA) is 107 Å². The molecule has 7 nitrogen and oxygen atoms in total. The lowest BCUT2D eigenvalue weighted by molar-refractivity contribution is -0.116. The van der Waals surface area contributed by atoms with Gasteiger partial charge in [0.15, 0.2) is 0 Å². The van der Waals surface area contributed by atoms with E-state index in [0.29, 0.717) is 17.8 Å². The third-order valence-corrected chi connectivity index (χ3v) is 3.30. The Morgan fingerprint density at radius 1 is 1.17 bits per heavy atom. The molecule has 0 saturated heterocycles. The number of aromatic nitrogens is 2. The third kappa shape index (κ3) is 4.57. The minimum atomic E-state index is -0.460. The molecule has 0 atom stereocenters. The number of aryl methyl sites for hydroxylation is 1. The highest BCUT2D eigenvalue weighted by Crippen LogP contribution is 2.24. The van der Waals surface area contributed by atoms with E-state index in [1.54, 1.807) is 12.1 Å². The van der Waals surface area contributed by atoms with E-state index in [0.717, 1.165) is 18.4 Å². The van der Waals surface area contributed by atoms with Gasteiger partial charge < -0.3 is 20.6 Å². The maximum atomic E-state index is 12.1. The molecule has 0 fully saturated rings. The van der Waals surface area contributed by atoms with Gasteiger partial charge in [-0.15, -0.1) is 0 Å². The average molecular weight is 316 g/mol. The maximum Gasteiger partial charge on any atom is 0.323 e. The smallest absolute Gasteiger partial charge is 0.323 e. The third-order valence-electron chi connectivity index (χ3n) is 3.30. The fourth-order valence-corrected chi connectivity index (χ4v) is 2.06. The maximum absolute atomic E-state index is 12.1. The number of unbranched alkanes of at least 4 members (excludes halogenated alkanes) is 1. The molecule has 0 spiro atoms. The molecule has 2 amide bonds. The van der Waals surface area contributed by atoms with Crippen LogP contribution in [0, 0.1) is 6.92 Å². The van der Waals surface area contributed by atoms with Gasteiger partial charge in [0.2, 0.25) is 5.91 Å². The molecule has 2 rings (SSSR count). The Bertz CT molecular complexity index is 761. The van der Waals surface area contributed by atoms with Crippen LogP contribution in [0.25, 0.3) is 0 Å². The summed E-state index contributed by atoms with van der Waals surface area (Å²) in [6.45, 7) is 3.90. The lowest BCUT2D eigenvalue weighted by Crippen LogP contribution is -2.17. The Kier molecular flexibility index (Phi) is 5.35. The number of carbonyl (C=O) groups excluding carboxylic acids is 2. The number of hydrogen-bond donors (Lipinski definition) is 4. The molecule has 1 aromatic heterocycles. The number of hydrogen-bond acceptors (Lipinski definition) is 3. The van der Waals surface area contributed by atoms with Gasteiger partial charge in [-0.3, -0.25) is 9.59 Å². The van der Waals surface area contributed by atoms with Crippen molar-refractivity contribution in [2.45, 2.75) is 33.1 Å². The van der Waals surface area contributed by atoms with Crippen LogP contribution in [-0.4, -0.2) is 21.8 Å². The van der Waals surface area contributed by atoms with Crippen LogP contribution in [0.3, 0.4) is 0 Å². The average Bonchev–Trinajstić information content (AvgIpc) is 2.94. The zero-order valence-electron chi connectivity index (χ0n) is 13.2. The van der Waals surface area contributed by atoms with Crippen LogP contribution in [0.4, 0.5) is 11.4 Å². The Morgan fingerprint density at radius 2 is 1.96 bits per heavy atom. The van der Waals surface area contributed by atoms with Crippen LogP contribution in [0.15, 0.2) is 29.2 Å². The molecule has 0 bridgehead atoms. The van der Waals surface area contributed by atoms with E-state index in [1.165, 1.54) is 6.20 Å². The Labute approximate surface area is 133 Å². The van der Waals surface area contributed by atoms with Crippen LogP contribution < -0.4 is 16.3 Å². The van der Waals surface area contributed by atoms with Crippen molar-refractivity contribution in [2.75, 3.05) is 10.6 Å².